The fraction of sp³-hybridized carbons (Fsp3) is 0.467. The van der Waals surface area contributed by atoms with E-state index in [2.05, 4.69) is 10.6 Å². The van der Waals surface area contributed by atoms with Crippen molar-refractivity contribution in [1.29, 1.82) is 0 Å². The second kappa shape index (κ2) is 7.05. The number of benzene rings is 1. The number of carbonyl (C=O) groups excluding carboxylic acids is 2. The fourth-order valence-electron chi connectivity index (χ4n) is 1.65. The van der Waals surface area contributed by atoms with Crippen molar-refractivity contribution in [3.05, 3.63) is 35.9 Å². The Labute approximate surface area is 119 Å². The summed E-state index contributed by atoms with van der Waals surface area (Å²) in [6, 6.07) is 8.79. The van der Waals surface area contributed by atoms with Crippen molar-refractivity contribution in [2.75, 3.05) is 13.1 Å². The number of rotatable bonds is 6. The van der Waals surface area contributed by atoms with E-state index in [-0.39, 0.29) is 24.3 Å². The van der Waals surface area contributed by atoms with Crippen LogP contribution in [0.5, 0.6) is 0 Å². The first kappa shape index (κ1) is 16.2. The molecule has 0 saturated carbocycles. The van der Waals surface area contributed by atoms with Crippen molar-refractivity contribution in [2.24, 2.45) is 11.7 Å². The van der Waals surface area contributed by atoms with E-state index in [9.17, 15) is 9.59 Å². The third kappa shape index (κ3) is 4.35. The molecule has 110 valence electrons. The normalized spacial score (nSPS) is 13.7. The van der Waals surface area contributed by atoms with E-state index in [1.807, 2.05) is 26.8 Å². The number of hydrogen-bond donors (Lipinski definition) is 3. The predicted octanol–water partition coefficient (Wildman–Crippen LogP) is 0.906. The van der Waals surface area contributed by atoms with Gasteiger partial charge in [-0.15, -0.1) is 0 Å². The molecule has 0 aromatic heterocycles. The van der Waals surface area contributed by atoms with Crippen LogP contribution in [-0.2, 0) is 4.79 Å². The molecule has 0 aliphatic heterocycles. The van der Waals surface area contributed by atoms with Gasteiger partial charge in [-0.25, -0.2) is 0 Å². The summed E-state index contributed by atoms with van der Waals surface area (Å²) < 4.78 is 0. The van der Waals surface area contributed by atoms with Gasteiger partial charge in [-0.2, -0.15) is 0 Å². The lowest BCUT2D eigenvalue weighted by Crippen LogP contribution is -2.56. The average molecular weight is 277 g/mol. The van der Waals surface area contributed by atoms with Crippen molar-refractivity contribution in [3.63, 3.8) is 0 Å². The highest BCUT2D eigenvalue weighted by molar-refractivity contribution is 5.96. The molecular weight excluding hydrogens is 254 g/mol. The van der Waals surface area contributed by atoms with Gasteiger partial charge in [0.25, 0.3) is 5.91 Å². The Morgan fingerprint density at radius 2 is 1.85 bits per heavy atom. The quantitative estimate of drug-likeness (QED) is 0.722. The third-order valence-electron chi connectivity index (χ3n) is 3.57. The van der Waals surface area contributed by atoms with Crippen LogP contribution in [0.2, 0.25) is 0 Å². The first-order valence-electron chi connectivity index (χ1n) is 6.73. The van der Waals surface area contributed by atoms with Crippen molar-refractivity contribution >= 4 is 11.8 Å². The van der Waals surface area contributed by atoms with Crippen LogP contribution in [0.3, 0.4) is 0 Å². The monoisotopic (exact) mass is 277 g/mol. The van der Waals surface area contributed by atoms with Gasteiger partial charge in [0.1, 0.15) is 0 Å². The molecule has 4 N–H and O–H groups in total. The Kier molecular flexibility index (Phi) is 5.70. The minimum Gasteiger partial charge on any atom is -0.348 e. The molecule has 0 spiro atoms. The summed E-state index contributed by atoms with van der Waals surface area (Å²) in [6.07, 6.45) is 0. The maximum atomic E-state index is 11.9. The van der Waals surface area contributed by atoms with E-state index in [0.717, 1.165) is 0 Å². The topological polar surface area (TPSA) is 84.2 Å². The molecule has 1 atom stereocenters. The highest BCUT2D eigenvalue weighted by Gasteiger charge is 2.28. The van der Waals surface area contributed by atoms with E-state index in [0.29, 0.717) is 12.1 Å². The number of nitrogens with one attached hydrogen (secondary N) is 2. The van der Waals surface area contributed by atoms with Gasteiger partial charge in [-0.3, -0.25) is 9.59 Å². The molecule has 20 heavy (non-hydrogen) atoms. The zero-order valence-corrected chi connectivity index (χ0v) is 12.3. The molecule has 1 aromatic rings. The highest BCUT2D eigenvalue weighted by Crippen LogP contribution is 2.14. The Hall–Kier alpha value is -1.88. The van der Waals surface area contributed by atoms with Crippen LogP contribution in [0.1, 0.15) is 31.1 Å². The van der Waals surface area contributed by atoms with E-state index in [4.69, 9.17) is 5.73 Å². The summed E-state index contributed by atoms with van der Waals surface area (Å²) in [7, 11) is 0. The number of hydrogen-bond acceptors (Lipinski definition) is 3. The molecule has 0 bridgehead atoms. The first-order valence-corrected chi connectivity index (χ1v) is 6.73. The molecule has 5 nitrogen and oxygen atoms in total. The van der Waals surface area contributed by atoms with Crippen molar-refractivity contribution in [2.45, 2.75) is 26.3 Å². The lowest BCUT2D eigenvalue weighted by atomic mass is 9.88. The maximum absolute atomic E-state index is 11.9. The lowest BCUT2D eigenvalue weighted by molar-refractivity contribution is -0.122. The summed E-state index contributed by atoms with van der Waals surface area (Å²) >= 11 is 0. The zero-order chi connectivity index (χ0) is 15.2. The van der Waals surface area contributed by atoms with Crippen molar-refractivity contribution in [1.82, 2.24) is 10.6 Å². The second-order valence-corrected chi connectivity index (χ2v) is 5.37. The third-order valence-corrected chi connectivity index (χ3v) is 3.57. The smallest absolute Gasteiger partial charge is 0.251 e. The van der Waals surface area contributed by atoms with Gasteiger partial charge in [0.05, 0.1) is 12.1 Å². The largest absolute Gasteiger partial charge is 0.348 e. The molecule has 0 aliphatic carbocycles. The summed E-state index contributed by atoms with van der Waals surface area (Å²) in [5.74, 6) is -0.294. The van der Waals surface area contributed by atoms with Crippen LogP contribution in [0.15, 0.2) is 30.3 Å². The van der Waals surface area contributed by atoms with Gasteiger partial charge in [0, 0.05) is 12.1 Å². The Balaban J connectivity index is 2.50. The Morgan fingerprint density at radius 3 is 2.35 bits per heavy atom. The Morgan fingerprint density at radius 1 is 1.25 bits per heavy atom. The van der Waals surface area contributed by atoms with Gasteiger partial charge >= 0.3 is 0 Å². The van der Waals surface area contributed by atoms with Crippen LogP contribution in [0.4, 0.5) is 0 Å². The molecule has 1 unspecified atom stereocenters. The molecule has 1 rings (SSSR count). The Bertz CT molecular complexity index is 459. The number of amides is 2. The predicted molar refractivity (Wildman–Crippen MR) is 79.2 cm³/mol. The molecule has 0 heterocycles. The minimum atomic E-state index is -0.464. The zero-order valence-electron chi connectivity index (χ0n) is 12.3. The van der Waals surface area contributed by atoms with Crippen molar-refractivity contribution in [3.8, 4) is 0 Å². The molecular formula is C15H23N3O2. The molecule has 0 aliphatic rings. The van der Waals surface area contributed by atoms with Crippen LogP contribution in [0, 0.1) is 5.92 Å². The van der Waals surface area contributed by atoms with E-state index < -0.39 is 5.54 Å². The molecule has 0 saturated heterocycles. The van der Waals surface area contributed by atoms with Gasteiger partial charge in [0.2, 0.25) is 5.91 Å². The average Bonchev–Trinajstić information content (AvgIpc) is 2.45. The van der Waals surface area contributed by atoms with Gasteiger partial charge in [-0.1, -0.05) is 32.0 Å². The van der Waals surface area contributed by atoms with Crippen LogP contribution in [0.25, 0.3) is 0 Å². The lowest BCUT2D eigenvalue weighted by Gasteiger charge is -2.33. The SMILES string of the molecule is CC(C)C(C)(CN)NC(=O)CNC(=O)c1ccccc1. The van der Waals surface area contributed by atoms with E-state index >= 15 is 0 Å². The standard InChI is InChI=1S/C15H23N3O2/c1-11(2)15(3,10-16)18-13(19)9-17-14(20)12-7-5-4-6-8-12/h4-8,11H,9-10,16H2,1-3H3,(H,17,20)(H,18,19). The maximum Gasteiger partial charge on any atom is 0.251 e. The summed E-state index contributed by atoms with van der Waals surface area (Å²) in [5.41, 5.74) is 5.77. The van der Waals surface area contributed by atoms with E-state index in [1.165, 1.54) is 0 Å². The molecule has 0 radical (unpaired) electrons. The van der Waals surface area contributed by atoms with Crippen LogP contribution < -0.4 is 16.4 Å². The summed E-state index contributed by atoms with van der Waals surface area (Å²) in [4.78, 5) is 23.7. The number of carbonyl (C=O) groups is 2. The van der Waals surface area contributed by atoms with Gasteiger partial charge in [-0.05, 0) is 25.0 Å². The fourth-order valence-corrected chi connectivity index (χ4v) is 1.65. The molecule has 0 fully saturated rings. The molecule has 1 aromatic carbocycles. The van der Waals surface area contributed by atoms with Crippen LogP contribution >= 0.6 is 0 Å². The van der Waals surface area contributed by atoms with Gasteiger partial charge in [0.15, 0.2) is 0 Å². The molecule has 2 amide bonds. The summed E-state index contributed by atoms with van der Waals surface area (Å²) in [5, 5.41) is 5.46. The first-order chi connectivity index (χ1) is 9.39. The summed E-state index contributed by atoms with van der Waals surface area (Å²) in [6.45, 7) is 6.18. The molecule has 5 heteroatoms. The number of nitrogens with two attached hydrogens (primary N) is 1. The van der Waals surface area contributed by atoms with Crippen LogP contribution in [-0.4, -0.2) is 30.4 Å². The second-order valence-electron chi connectivity index (χ2n) is 5.37. The van der Waals surface area contributed by atoms with Crippen molar-refractivity contribution < 1.29 is 9.59 Å². The van der Waals surface area contributed by atoms with Gasteiger partial charge < -0.3 is 16.4 Å². The van der Waals surface area contributed by atoms with E-state index in [1.54, 1.807) is 24.3 Å². The minimum absolute atomic E-state index is 0.0595. The highest BCUT2D eigenvalue weighted by atomic mass is 16.2.